The molecule has 0 bridgehead atoms. The first kappa shape index (κ1) is 15.6. The van der Waals surface area contributed by atoms with Crippen molar-refractivity contribution in [1.82, 2.24) is 0 Å². The van der Waals surface area contributed by atoms with Gasteiger partial charge in [0.2, 0.25) is 0 Å². The quantitative estimate of drug-likeness (QED) is 0.838. The van der Waals surface area contributed by atoms with Crippen LogP contribution in [-0.2, 0) is 0 Å². The monoisotopic (exact) mass is 353 g/mol. The first-order valence-corrected chi connectivity index (χ1v) is 7.28. The van der Waals surface area contributed by atoms with Crippen molar-refractivity contribution < 1.29 is 13.9 Å². The molecule has 2 aromatic carbocycles. The van der Waals surface area contributed by atoms with Crippen molar-refractivity contribution in [2.24, 2.45) is 0 Å². The molecule has 0 aliphatic carbocycles. The smallest absolute Gasteiger partial charge is 0.161 e. The fourth-order valence-corrected chi connectivity index (χ4v) is 2.51. The largest absolute Gasteiger partial charge is 0.493 e. The summed E-state index contributed by atoms with van der Waals surface area (Å²) < 4.78 is 24.3. The van der Waals surface area contributed by atoms with Gasteiger partial charge in [-0.05, 0) is 58.7 Å². The summed E-state index contributed by atoms with van der Waals surface area (Å²) >= 11 is 3.35. The maximum absolute atomic E-state index is 13.1. The number of benzene rings is 2. The summed E-state index contributed by atoms with van der Waals surface area (Å²) in [5.74, 6) is 1.10. The van der Waals surface area contributed by atoms with Gasteiger partial charge >= 0.3 is 0 Å². The van der Waals surface area contributed by atoms with Crippen molar-refractivity contribution in [3.05, 3.63) is 52.3 Å². The van der Waals surface area contributed by atoms with Crippen LogP contribution in [0.1, 0.15) is 18.5 Å². The Kier molecular flexibility index (Phi) is 5.07. The van der Waals surface area contributed by atoms with Crippen molar-refractivity contribution >= 4 is 21.6 Å². The lowest BCUT2D eigenvalue weighted by atomic mass is 10.1. The molecule has 21 heavy (non-hydrogen) atoms. The van der Waals surface area contributed by atoms with Gasteiger partial charge in [0.15, 0.2) is 11.5 Å². The summed E-state index contributed by atoms with van der Waals surface area (Å²) in [5, 5.41) is 3.33. The molecule has 3 nitrogen and oxygen atoms in total. The van der Waals surface area contributed by atoms with Gasteiger partial charge < -0.3 is 14.8 Å². The van der Waals surface area contributed by atoms with Gasteiger partial charge in [-0.25, -0.2) is 4.39 Å². The minimum absolute atomic E-state index is 0.0339. The van der Waals surface area contributed by atoms with E-state index in [1.165, 1.54) is 12.1 Å². The molecule has 0 radical (unpaired) electrons. The zero-order valence-corrected chi connectivity index (χ0v) is 13.7. The fraction of sp³-hybridized carbons (Fsp3) is 0.250. The molecule has 1 N–H and O–H groups in total. The molecular formula is C16H17BrFNO2. The highest BCUT2D eigenvalue weighted by Crippen LogP contribution is 2.32. The Balaban J connectivity index is 2.21. The van der Waals surface area contributed by atoms with Gasteiger partial charge in [-0.2, -0.15) is 0 Å². The van der Waals surface area contributed by atoms with Gasteiger partial charge in [0.1, 0.15) is 5.82 Å². The third kappa shape index (κ3) is 3.67. The standard InChI is InChI=1S/C16H17BrFNO2/c1-10(19-14-6-5-12(18)9-13(14)17)11-4-7-15(20-2)16(8-11)21-3/h4-10,19H,1-3H3. The molecule has 1 atom stereocenters. The number of halogens is 2. The zero-order valence-electron chi connectivity index (χ0n) is 12.1. The summed E-state index contributed by atoms with van der Waals surface area (Å²) in [6.45, 7) is 2.02. The summed E-state index contributed by atoms with van der Waals surface area (Å²) in [4.78, 5) is 0. The van der Waals surface area contributed by atoms with Crippen LogP contribution in [0.25, 0.3) is 0 Å². The second-order valence-electron chi connectivity index (χ2n) is 4.60. The normalized spacial score (nSPS) is 11.9. The second-order valence-corrected chi connectivity index (χ2v) is 5.46. The summed E-state index contributed by atoms with van der Waals surface area (Å²) in [7, 11) is 3.21. The minimum Gasteiger partial charge on any atom is -0.493 e. The van der Waals surface area contributed by atoms with E-state index in [4.69, 9.17) is 9.47 Å². The molecule has 0 saturated carbocycles. The molecule has 1 unspecified atom stereocenters. The average molecular weight is 354 g/mol. The van der Waals surface area contributed by atoms with Crippen LogP contribution in [0.4, 0.5) is 10.1 Å². The van der Waals surface area contributed by atoms with Crippen LogP contribution in [0.5, 0.6) is 11.5 Å². The van der Waals surface area contributed by atoms with E-state index >= 15 is 0 Å². The van der Waals surface area contributed by atoms with Gasteiger partial charge in [0.05, 0.1) is 14.2 Å². The predicted octanol–water partition coefficient (Wildman–Crippen LogP) is 4.78. The highest BCUT2D eigenvalue weighted by Gasteiger charge is 2.11. The average Bonchev–Trinajstić information content (AvgIpc) is 2.49. The topological polar surface area (TPSA) is 30.5 Å². The van der Waals surface area contributed by atoms with E-state index in [1.54, 1.807) is 20.3 Å². The minimum atomic E-state index is -0.272. The number of nitrogens with one attached hydrogen (secondary N) is 1. The Bertz CT molecular complexity index is 634. The number of methoxy groups -OCH3 is 2. The molecule has 2 aromatic rings. The van der Waals surface area contributed by atoms with Gasteiger partial charge in [-0.3, -0.25) is 0 Å². The van der Waals surface area contributed by atoms with Crippen molar-refractivity contribution in [1.29, 1.82) is 0 Å². The molecule has 0 saturated heterocycles. The van der Waals surface area contributed by atoms with Gasteiger partial charge in [-0.15, -0.1) is 0 Å². The van der Waals surface area contributed by atoms with Gasteiger partial charge in [0.25, 0.3) is 0 Å². The molecule has 0 spiro atoms. The third-order valence-corrected chi connectivity index (χ3v) is 3.87. The molecule has 0 aromatic heterocycles. The van der Waals surface area contributed by atoms with Crippen molar-refractivity contribution in [3.8, 4) is 11.5 Å². The van der Waals surface area contributed by atoms with Crippen LogP contribution in [0.15, 0.2) is 40.9 Å². The Labute approximate surface area is 132 Å². The molecular weight excluding hydrogens is 337 g/mol. The van der Waals surface area contributed by atoms with E-state index in [9.17, 15) is 4.39 Å². The summed E-state index contributed by atoms with van der Waals surface area (Å²) in [6, 6.07) is 10.4. The predicted molar refractivity (Wildman–Crippen MR) is 85.7 cm³/mol. The van der Waals surface area contributed by atoms with E-state index < -0.39 is 0 Å². The Morgan fingerprint density at radius 2 is 1.76 bits per heavy atom. The molecule has 0 aliphatic rings. The molecule has 0 fully saturated rings. The van der Waals surface area contributed by atoms with Crippen molar-refractivity contribution in [3.63, 3.8) is 0 Å². The number of rotatable bonds is 5. The van der Waals surface area contributed by atoms with Crippen LogP contribution < -0.4 is 14.8 Å². The lowest BCUT2D eigenvalue weighted by Crippen LogP contribution is -2.07. The Hall–Kier alpha value is -1.75. The number of anilines is 1. The molecule has 0 amide bonds. The zero-order chi connectivity index (χ0) is 15.4. The van der Waals surface area contributed by atoms with E-state index in [-0.39, 0.29) is 11.9 Å². The van der Waals surface area contributed by atoms with Gasteiger partial charge in [-0.1, -0.05) is 6.07 Å². The van der Waals surface area contributed by atoms with E-state index in [0.717, 1.165) is 11.3 Å². The summed E-state index contributed by atoms with van der Waals surface area (Å²) in [5.41, 5.74) is 1.88. The van der Waals surface area contributed by atoms with Crippen LogP contribution in [0, 0.1) is 5.82 Å². The lowest BCUT2D eigenvalue weighted by molar-refractivity contribution is 0.354. The first-order chi connectivity index (χ1) is 10.0. The molecule has 0 aliphatic heterocycles. The molecule has 5 heteroatoms. The highest BCUT2D eigenvalue weighted by atomic mass is 79.9. The van der Waals surface area contributed by atoms with E-state index in [1.807, 2.05) is 25.1 Å². The fourth-order valence-electron chi connectivity index (χ4n) is 2.05. The number of ether oxygens (including phenoxy) is 2. The van der Waals surface area contributed by atoms with E-state index in [0.29, 0.717) is 16.0 Å². The van der Waals surface area contributed by atoms with Crippen LogP contribution in [-0.4, -0.2) is 14.2 Å². The van der Waals surface area contributed by atoms with Gasteiger partial charge in [0, 0.05) is 16.2 Å². The maximum atomic E-state index is 13.1. The van der Waals surface area contributed by atoms with Crippen molar-refractivity contribution in [2.45, 2.75) is 13.0 Å². The van der Waals surface area contributed by atoms with Crippen molar-refractivity contribution in [2.75, 3.05) is 19.5 Å². The third-order valence-electron chi connectivity index (χ3n) is 3.21. The lowest BCUT2D eigenvalue weighted by Gasteiger charge is -2.18. The van der Waals surface area contributed by atoms with Crippen LogP contribution >= 0.6 is 15.9 Å². The first-order valence-electron chi connectivity index (χ1n) is 6.48. The maximum Gasteiger partial charge on any atom is 0.161 e. The molecule has 0 heterocycles. The molecule has 112 valence electrons. The SMILES string of the molecule is COc1ccc(C(C)Nc2ccc(F)cc2Br)cc1OC. The Morgan fingerprint density at radius 3 is 2.38 bits per heavy atom. The van der Waals surface area contributed by atoms with Crippen LogP contribution in [0.2, 0.25) is 0 Å². The van der Waals surface area contributed by atoms with Crippen LogP contribution in [0.3, 0.4) is 0 Å². The number of hydrogen-bond donors (Lipinski definition) is 1. The molecule has 2 rings (SSSR count). The Morgan fingerprint density at radius 1 is 1.05 bits per heavy atom. The summed E-state index contributed by atoms with van der Waals surface area (Å²) in [6.07, 6.45) is 0. The number of hydrogen-bond acceptors (Lipinski definition) is 3. The van der Waals surface area contributed by atoms with E-state index in [2.05, 4.69) is 21.2 Å². The highest BCUT2D eigenvalue weighted by molar-refractivity contribution is 9.10. The second kappa shape index (κ2) is 6.80.